The zero-order valence-corrected chi connectivity index (χ0v) is 19.1. The SMILES string of the molecule is COc1ccc(CNC(=O)CC[C@]2(Cc3ccc4ccccc4c3)CCC(=O)N2)c(OC)c1. The van der Waals surface area contributed by atoms with Crippen LogP contribution < -0.4 is 20.1 Å². The second-order valence-electron chi connectivity index (χ2n) is 8.64. The number of ether oxygens (including phenoxy) is 2. The Hall–Kier alpha value is -3.54. The van der Waals surface area contributed by atoms with Crippen LogP contribution in [0.4, 0.5) is 0 Å². The van der Waals surface area contributed by atoms with Gasteiger partial charge < -0.3 is 20.1 Å². The number of nitrogens with one attached hydrogen (secondary N) is 2. The zero-order valence-electron chi connectivity index (χ0n) is 19.1. The zero-order chi connectivity index (χ0) is 23.3. The molecular formula is C27H30N2O4. The molecule has 0 saturated carbocycles. The normalized spacial score (nSPS) is 17.6. The lowest BCUT2D eigenvalue weighted by atomic mass is 9.84. The van der Waals surface area contributed by atoms with Gasteiger partial charge in [-0.2, -0.15) is 0 Å². The van der Waals surface area contributed by atoms with Crippen LogP contribution in [0.5, 0.6) is 11.5 Å². The van der Waals surface area contributed by atoms with Crippen LogP contribution in [-0.2, 0) is 22.6 Å². The molecular weight excluding hydrogens is 416 g/mol. The third-order valence-corrected chi connectivity index (χ3v) is 6.39. The Morgan fingerprint density at radius 3 is 2.58 bits per heavy atom. The van der Waals surface area contributed by atoms with Crippen LogP contribution in [0.15, 0.2) is 60.7 Å². The van der Waals surface area contributed by atoms with Crippen molar-refractivity contribution in [2.75, 3.05) is 14.2 Å². The van der Waals surface area contributed by atoms with E-state index < -0.39 is 5.54 Å². The molecule has 0 spiro atoms. The fraction of sp³-hybridized carbons (Fsp3) is 0.333. The Morgan fingerprint density at radius 1 is 1.03 bits per heavy atom. The van der Waals surface area contributed by atoms with E-state index in [1.807, 2.05) is 24.3 Å². The number of carbonyl (C=O) groups is 2. The van der Waals surface area contributed by atoms with Gasteiger partial charge in [-0.15, -0.1) is 0 Å². The van der Waals surface area contributed by atoms with Crippen LogP contribution in [0.2, 0.25) is 0 Å². The van der Waals surface area contributed by atoms with E-state index in [2.05, 4.69) is 41.0 Å². The first-order valence-electron chi connectivity index (χ1n) is 11.3. The van der Waals surface area contributed by atoms with Gasteiger partial charge in [-0.05, 0) is 47.7 Å². The first-order chi connectivity index (χ1) is 16.0. The van der Waals surface area contributed by atoms with E-state index in [0.29, 0.717) is 43.7 Å². The van der Waals surface area contributed by atoms with E-state index >= 15 is 0 Å². The third-order valence-electron chi connectivity index (χ3n) is 6.39. The van der Waals surface area contributed by atoms with E-state index in [9.17, 15) is 9.59 Å². The first kappa shape index (κ1) is 22.6. The maximum Gasteiger partial charge on any atom is 0.220 e. The van der Waals surface area contributed by atoms with E-state index in [1.54, 1.807) is 20.3 Å². The van der Waals surface area contributed by atoms with Crippen LogP contribution >= 0.6 is 0 Å². The van der Waals surface area contributed by atoms with E-state index in [0.717, 1.165) is 12.0 Å². The summed E-state index contributed by atoms with van der Waals surface area (Å²) in [6.07, 6.45) is 2.88. The monoisotopic (exact) mass is 446 g/mol. The molecule has 33 heavy (non-hydrogen) atoms. The Balaban J connectivity index is 1.39. The molecule has 1 aliphatic rings. The maximum atomic E-state index is 12.7. The van der Waals surface area contributed by atoms with Gasteiger partial charge in [0.25, 0.3) is 0 Å². The van der Waals surface area contributed by atoms with Crippen LogP contribution in [0, 0.1) is 0 Å². The highest BCUT2D eigenvalue weighted by molar-refractivity contribution is 5.83. The van der Waals surface area contributed by atoms with Crippen molar-refractivity contribution in [1.29, 1.82) is 0 Å². The summed E-state index contributed by atoms with van der Waals surface area (Å²) in [5.41, 5.74) is 1.65. The van der Waals surface area contributed by atoms with E-state index in [-0.39, 0.29) is 11.8 Å². The van der Waals surface area contributed by atoms with Gasteiger partial charge in [0.2, 0.25) is 11.8 Å². The second kappa shape index (κ2) is 9.94. The fourth-order valence-electron chi connectivity index (χ4n) is 4.55. The van der Waals surface area contributed by atoms with Crippen molar-refractivity contribution in [3.63, 3.8) is 0 Å². The topological polar surface area (TPSA) is 76.7 Å². The first-order valence-corrected chi connectivity index (χ1v) is 11.3. The third kappa shape index (κ3) is 5.45. The molecule has 2 amide bonds. The Kier molecular flexibility index (Phi) is 6.82. The molecule has 3 aromatic rings. The highest BCUT2D eigenvalue weighted by Gasteiger charge is 2.37. The molecule has 172 valence electrons. The van der Waals surface area contributed by atoms with Crippen molar-refractivity contribution >= 4 is 22.6 Å². The van der Waals surface area contributed by atoms with Crippen LogP contribution in [0.1, 0.15) is 36.8 Å². The molecule has 6 nitrogen and oxygen atoms in total. The standard InChI is InChI=1S/C27H30N2O4/c1-32-23-10-9-22(24(16-23)33-2)18-28-25(30)11-13-27(14-12-26(31)29-27)17-19-7-8-20-5-3-4-6-21(20)15-19/h3-10,15-16H,11-14,17-18H2,1-2H3,(H,28,30)(H,29,31)/t27-/m1/s1. The van der Waals surface area contributed by atoms with Gasteiger partial charge in [-0.3, -0.25) is 9.59 Å². The number of amides is 2. The second-order valence-corrected chi connectivity index (χ2v) is 8.64. The molecule has 4 rings (SSSR count). The molecule has 6 heteroatoms. The molecule has 0 aliphatic carbocycles. The average molecular weight is 447 g/mol. The predicted molar refractivity (Wildman–Crippen MR) is 128 cm³/mol. The van der Waals surface area contributed by atoms with E-state index in [4.69, 9.17) is 9.47 Å². The van der Waals surface area contributed by atoms with Crippen LogP contribution in [0.3, 0.4) is 0 Å². The van der Waals surface area contributed by atoms with Crippen molar-refractivity contribution in [3.05, 3.63) is 71.8 Å². The average Bonchev–Trinajstić information content (AvgIpc) is 3.21. The molecule has 2 N–H and O–H groups in total. The van der Waals surface area contributed by atoms with Crippen molar-refractivity contribution in [3.8, 4) is 11.5 Å². The summed E-state index contributed by atoms with van der Waals surface area (Å²) >= 11 is 0. The van der Waals surface area contributed by atoms with Crippen molar-refractivity contribution in [2.24, 2.45) is 0 Å². The quantitative estimate of drug-likeness (QED) is 0.518. The van der Waals surface area contributed by atoms with Crippen molar-refractivity contribution in [1.82, 2.24) is 10.6 Å². The fourth-order valence-corrected chi connectivity index (χ4v) is 4.55. The Bertz CT molecular complexity index is 1160. The number of hydrogen-bond acceptors (Lipinski definition) is 4. The molecule has 3 aromatic carbocycles. The largest absolute Gasteiger partial charge is 0.497 e. The van der Waals surface area contributed by atoms with Crippen molar-refractivity contribution in [2.45, 2.75) is 44.2 Å². The molecule has 1 fully saturated rings. The summed E-state index contributed by atoms with van der Waals surface area (Å²) in [5.74, 6) is 1.38. The summed E-state index contributed by atoms with van der Waals surface area (Å²) in [6.45, 7) is 0.371. The van der Waals surface area contributed by atoms with E-state index in [1.165, 1.54) is 16.3 Å². The minimum atomic E-state index is -0.394. The summed E-state index contributed by atoms with van der Waals surface area (Å²) in [5, 5.41) is 8.53. The number of carbonyl (C=O) groups excluding carboxylic acids is 2. The number of rotatable bonds is 9. The summed E-state index contributed by atoms with van der Waals surface area (Å²) in [7, 11) is 3.20. The van der Waals surface area contributed by atoms with Gasteiger partial charge >= 0.3 is 0 Å². The summed E-state index contributed by atoms with van der Waals surface area (Å²) in [6, 6.07) is 20.2. The van der Waals surface area contributed by atoms with Gasteiger partial charge in [0, 0.05) is 36.6 Å². The minimum Gasteiger partial charge on any atom is -0.497 e. The lowest BCUT2D eigenvalue weighted by Gasteiger charge is -2.29. The number of methoxy groups -OCH3 is 2. The molecule has 1 atom stereocenters. The molecule has 0 radical (unpaired) electrons. The van der Waals surface area contributed by atoms with Gasteiger partial charge in [-0.1, -0.05) is 42.5 Å². The summed E-state index contributed by atoms with van der Waals surface area (Å²) < 4.78 is 10.6. The van der Waals surface area contributed by atoms with Gasteiger partial charge in [-0.25, -0.2) is 0 Å². The predicted octanol–water partition coefficient (Wildman–Crippen LogP) is 4.14. The Morgan fingerprint density at radius 2 is 1.85 bits per heavy atom. The smallest absolute Gasteiger partial charge is 0.220 e. The number of benzene rings is 3. The van der Waals surface area contributed by atoms with Crippen LogP contribution in [-0.4, -0.2) is 31.6 Å². The lowest BCUT2D eigenvalue weighted by molar-refractivity contribution is -0.122. The number of hydrogen-bond donors (Lipinski definition) is 2. The Labute approximate surface area is 194 Å². The lowest BCUT2D eigenvalue weighted by Crippen LogP contribution is -2.44. The molecule has 0 aromatic heterocycles. The van der Waals surface area contributed by atoms with Gasteiger partial charge in [0.1, 0.15) is 11.5 Å². The molecule has 0 bridgehead atoms. The number of fused-ring (bicyclic) bond motifs is 1. The van der Waals surface area contributed by atoms with Crippen molar-refractivity contribution < 1.29 is 19.1 Å². The summed E-state index contributed by atoms with van der Waals surface area (Å²) in [4.78, 5) is 24.8. The maximum absolute atomic E-state index is 12.7. The molecule has 1 heterocycles. The molecule has 0 unspecified atom stereocenters. The highest BCUT2D eigenvalue weighted by Crippen LogP contribution is 2.31. The van der Waals surface area contributed by atoms with Gasteiger partial charge in [0.15, 0.2) is 0 Å². The molecule has 1 aliphatic heterocycles. The molecule has 1 saturated heterocycles. The van der Waals surface area contributed by atoms with Gasteiger partial charge in [0.05, 0.1) is 14.2 Å². The highest BCUT2D eigenvalue weighted by atomic mass is 16.5. The van der Waals surface area contributed by atoms with Crippen LogP contribution in [0.25, 0.3) is 10.8 Å². The minimum absolute atomic E-state index is 0.0492.